The molecule has 0 aromatic heterocycles. The van der Waals surface area contributed by atoms with Crippen molar-refractivity contribution in [1.82, 2.24) is 9.80 Å². The van der Waals surface area contributed by atoms with Gasteiger partial charge in [0.15, 0.2) is 0 Å². The van der Waals surface area contributed by atoms with Gasteiger partial charge in [0.2, 0.25) is 5.91 Å². The van der Waals surface area contributed by atoms with Crippen LogP contribution in [0.3, 0.4) is 0 Å². The van der Waals surface area contributed by atoms with E-state index in [1.54, 1.807) is 12.1 Å². The maximum atomic E-state index is 12.9. The van der Waals surface area contributed by atoms with Gasteiger partial charge in [0.1, 0.15) is 0 Å². The zero-order chi connectivity index (χ0) is 18.7. The smallest absolute Gasteiger partial charge is 0.227 e. The topological polar surface area (TPSA) is 56.1 Å². The van der Waals surface area contributed by atoms with Crippen LogP contribution in [0.4, 0.5) is 0 Å². The SMILES string of the molecule is CN(C(=O)Cc1ccc(Cl)c(Cl)c1)C1CC(=NO)CCC1N1CCCC1. The molecule has 26 heavy (non-hydrogen) atoms. The number of hydrogen-bond donors (Lipinski definition) is 1. The Bertz CT molecular complexity index is 689. The fraction of sp³-hybridized carbons (Fsp3) is 0.579. The largest absolute Gasteiger partial charge is 0.411 e. The van der Waals surface area contributed by atoms with Crippen molar-refractivity contribution in [3.05, 3.63) is 33.8 Å². The molecule has 2 fully saturated rings. The van der Waals surface area contributed by atoms with Crippen molar-refractivity contribution in [2.75, 3.05) is 20.1 Å². The monoisotopic (exact) mass is 397 g/mol. The summed E-state index contributed by atoms with van der Waals surface area (Å²) in [6.45, 7) is 2.17. The molecular weight excluding hydrogens is 373 g/mol. The van der Waals surface area contributed by atoms with Gasteiger partial charge in [0.05, 0.1) is 28.2 Å². The Morgan fingerprint density at radius 1 is 1.31 bits per heavy atom. The normalized spacial score (nSPS) is 25.6. The summed E-state index contributed by atoms with van der Waals surface area (Å²) < 4.78 is 0. The maximum Gasteiger partial charge on any atom is 0.227 e. The van der Waals surface area contributed by atoms with E-state index in [1.807, 2.05) is 18.0 Å². The van der Waals surface area contributed by atoms with Crippen LogP contribution in [0, 0.1) is 0 Å². The number of amides is 1. The van der Waals surface area contributed by atoms with Crippen LogP contribution in [0.2, 0.25) is 10.0 Å². The van der Waals surface area contributed by atoms with Crippen molar-refractivity contribution in [2.24, 2.45) is 5.16 Å². The first-order valence-corrected chi connectivity index (χ1v) is 9.88. The maximum absolute atomic E-state index is 12.9. The first kappa shape index (κ1) is 19.5. The van der Waals surface area contributed by atoms with Crippen molar-refractivity contribution >= 4 is 34.8 Å². The molecule has 2 atom stereocenters. The highest BCUT2D eigenvalue weighted by atomic mass is 35.5. The number of nitrogens with zero attached hydrogens (tertiary/aromatic N) is 3. The molecule has 7 heteroatoms. The summed E-state index contributed by atoms with van der Waals surface area (Å²) in [5.74, 6) is 0.0387. The summed E-state index contributed by atoms with van der Waals surface area (Å²) in [6.07, 6.45) is 5.05. The zero-order valence-corrected chi connectivity index (χ0v) is 16.5. The third-order valence-electron chi connectivity index (χ3n) is 5.60. The average Bonchev–Trinajstić information content (AvgIpc) is 3.18. The molecule has 1 heterocycles. The van der Waals surface area contributed by atoms with Gasteiger partial charge in [-0.1, -0.05) is 34.4 Å². The number of carbonyl (C=O) groups excluding carboxylic acids is 1. The van der Waals surface area contributed by atoms with Gasteiger partial charge in [-0.05, 0) is 56.5 Å². The Labute approximate surface area is 164 Å². The zero-order valence-electron chi connectivity index (χ0n) is 15.0. The predicted octanol–water partition coefficient (Wildman–Crippen LogP) is 3.84. The van der Waals surface area contributed by atoms with Crippen LogP contribution < -0.4 is 0 Å². The molecule has 1 aliphatic heterocycles. The fourth-order valence-electron chi connectivity index (χ4n) is 4.11. The third-order valence-corrected chi connectivity index (χ3v) is 6.34. The van der Waals surface area contributed by atoms with Gasteiger partial charge in [-0.2, -0.15) is 0 Å². The molecule has 2 aliphatic rings. The predicted molar refractivity (Wildman–Crippen MR) is 104 cm³/mol. The van der Waals surface area contributed by atoms with E-state index in [4.69, 9.17) is 23.2 Å². The lowest BCUT2D eigenvalue weighted by Crippen LogP contribution is -2.55. The quantitative estimate of drug-likeness (QED) is 0.619. The number of oxime groups is 1. The van der Waals surface area contributed by atoms with Gasteiger partial charge in [0, 0.05) is 19.5 Å². The number of carbonyl (C=O) groups is 1. The van der Waals surface area contributed by atoms with E-state index in [2.05, 4.69) is 10.1 Å². The lowest BCUT2D eigenvalue weighted by atomic mass is 9.86. The van der Waals surface area contributed by atoms with Crippen LogP contribution >= 0.6 is 23.2 Å². The van der Waals surface area contributed by atoms with Gasteiger partial charge in [-0.25, -0.2) is 0 Å². The number of likely N-dealkylation sites (tertiary alicyclic amines) is 1. The van der Waals surface area contributed by atoms with E-state index in [0.29, 0.717) is 22.5 Å². The van der Waals surface area contributed by atoms with Crippen LogP contribution in [0.5, 0.6) is 0 Å². The van der Waals surface area contributed by atoms with Gasteiger partial charge < -0.3 is 10.1 Å². The molecule has 1 saturated heterocycles. The number of rotatable bonds is 4. The van der Waals surface area contributed by atoms with E-state index in [9.17, 15) is 10.0 Å². The third kappa shape index (κ3) is 4.33. The molecule has 1 amide bonds. The highest BCUT2D eigenvalue weighted by molar-refractivity contribution is 6.42. The molecule has 0 spiro atoms. The second kappa shape index (κ2) is 8.59. The number of hydrogen-bond acceptors (Lipinski definition) is 4. The molecular formula is C19H25Cl2N3O2. The summed E-state index contributed by atoms with van der Waals surface area (Å²) in [5, 5.41) is 13.6. The van der Waals surface area contributed by atoms with E-state index in [-0.39, 0.29) is 18.4 Å². The van der Waals surface area contributed by atoms with Gasteiger partial charge in [0.25, 0.3) is 0 Å². The Balaban J connectivity index is 1.73. The van der Waals surface area contributed by atoms with Crippen molar-refractivity contribution < 1.29 is 10.0 Å². The molecule has 1 aromatic carbocycles. The molecule has 5 nitrogen and oxygen atoms in total. The summed E-state index contributed by atoms with van der Waals surface area (Å²) in [7, 11) is 1.86. The highest BCUT2D eigenvalue weighted by Gasteiger charge is 2.37. The van der Waals surface area contributed by atoms with E-state index in [1.165, 1.54) is 12.8 Å². The van der Waals surface area contributed by atoms with Crippen LogP contribution in [0.15, 0.2) is 23.4 Å². The summed E-state index contributed by atoms with van der Waals surface area (Å²) in [6, 6.07) is 5.65. The van der Waals surface area contributed by atoms with E-state index >= 15 is 0 Å². The lowest BCUT2D eigenvalue weighted by Gasteiger charge is -2.42. The molecule has 1 saturated carbocycles. The van der Waals surface area contributed by atoms with Crippen LogP contribution in [-0.4, -0.2) is 58.8 Å². The molecule has 3 rings (SSSR count). The summed E-state index contributed by atoms with van der Waals surface area (Å²) in [4.78, 5) is 17.2. The Morgan fingerprint density at radius 3 is 2.69 bits per heavy atom. The van der Waals surface area contributed by atoms with Crippen molar-refractivity contribution in [1.29, 1.82) is 0 Å². The minimum absolute atomic E-state index is 0.0306. The fourth-order valence-corrected chi connectivity index (χ4v) is 4.43. The summed E-state index contributed by atoms with van der Waals surface area (Å²) >= 11 is 12.0. The molecule has 1 aliphatic carbocycles. The van der Waals surface area contributed by atoms with Crippen LogP contribution in [0.25, 0.3) is 0 Å². The number of benzene rings is 1. The Hall–Kier alpha value is -1.30. The Kier molecular flexibility index (Phi) is 6.43. The van der Waals surface area contributed by atoms with Gasteiger partial charge >= 0.3 is 0 Å². The summed E-state index contributed by atoms with van der Waals surface area (Å²) in [5.41, 5.74) is 1.63. The van der Waals surface area contributed by atoms with Crippen molar-refractivity contribution in [3.8, 4) is 0 Å². The first-order valence-electron chi connectivity index (χ1n) is 9.13. The first-order chi connectivity index (χ1) is 12.5. The highest BCUT2D eigenvalue weighted by Crippen LogP contribution is 2.29. The van der Waals surface area contributed by atoms with E-state index < -0.39 is 0 Å². The minimum Gasteiger partial charge on any atom is -0.411 e. The molecule has 142 valence electrons. The molecule has 2 unspecified atom stereocenters. The standard InChI is InChI=1S/C19H25Cl2N3O2/c1-23(19(25)11-13-4-6-15(20)16(21)10-13)18-12-14(22-26)5-7-17(18)24-8-2-3-9-24/h4,6,10,17-18,26H,2-3,5,7-9,11-12H2,1H3. The second-order valence-corrected chi connectivity index (χ2v) is 8.03. The molecule has 1 N–H and O–H groups in total. The van der Waals surface area contributed by atoms with E-state index in [0.717, 1.165) is 37.2 Å². The lowest BCUT2D eigenvalue weighted by molar-refractivity contribution is -0.132. The minimum atomic E-state index is 0.0306. The molecule has 1 aromatic rings. The van der Waals surface area contributed by atoms with Crippen LogP contribution in [-0.2, 0) is 11.2 Å². The average molecular weight is 398 g/mol. The Morgan fingerprint density at radius 2 is 2.04 bits per heavy atom. The molecule has 0 bridgehead atoms. The number of likely N-dealkylation sites (N-methyl/N-ethyl adjacent to an activating group) is 1. The number of halogens is 2. The van der Waals surface area contributed by atoms with Crippen LogP contribution in [0.1, 0.15) is 37.7 Å². The van der Waals surface area contributed by atoms with Crippen molar-refractivity contribution in [2.45, 2.75) is 50.6 Å². The second-order valence-electron chi connectivity index (χ2n) is 7.22. The van der Waals surface area contributed by atoms with Gasteiger partial charge in [-0.15, -0.1) is 0 Å². The van der Waals surface area contributed by atoms with Crippen molar-refractivity contribution in [3.63, 3.8) is 0 Å². The van der Waals surface area contributed by atoms with Gasteiger partial charge in [-0.3, -0.25) is 9.69 Å². The molecule has 0 radical (unpaired) electrons.